The highest BCUT2D eigenvalue weighted by Crippen LogP contribution is 2.30. The zero-order valence-corrected chi connectivity index (χ0v) is 11.8. The van der Waals surface area contributed by atoms with Gasteiger partial charge >= 0.3 is 0 Å². The maximum atomic E-state index is 13.3. The highest BCUT2D eigenvalue weighted by Gasteiger charge is 2.07. The maximum absolute atomic E-state index is 13.3. The molecule has 17 heavy (non-hydrogen) atoms. The van der Waals surface area contributed by atoms with E-state index in [4.69, 9.17) is 11.6 Å². The lowest BCUT2D eigenvalue weighted by Gasteiger charge is -2.05. The highest BCUT2D eigenvalue weighted by atomic mass is 79.9. The van der Waals surface area contributed by atoms with Gasteiger partial charge in [0.2, 0.25) is 0 Å². The van der Waals surface area contributed by atoms with E-state index in [9.17, 15) is 4.39 Å². The Bertz CT molecular complexity index is 536. The third kappa shape index (κ3) is 3.21. The molecule has 2 aromatic rings. The zero-order valence-electron chi connectivity index (χ0n) is 8.66. The normalized spacial score (nSPS) is 10.5. The molecule has 0 atom stereocenters. The molecule has 0 radical (unpaired) electrons. The van der Waals surface area contributed by atoms with Crippen molar-refractivity contribution in [2.45, 2.75) is 10.8 Å². The predicted octanol–water partition coefficient (Wildman–Crippen LogP) is 4.93. The Hall–Kier alpha value is -0.580. The Labute approximate surface area is 117 Å². The first-order valence-electron chi connectivity index (χ1n) is 4.84. The average Bonchev–Trinajstić information content (AvgIpc) is 2.33. The fourth-order valence-electron chi connectivity index (χ4n) is 1.28. The molecule has 0 amide bonds. The van der Waals surface area contributed by atoms with Gasteiger partial charge in [-0.25, -0.2) is 9.37 Å². The van der Waals surface area contributed by atoms with E-state index < -0.39 is 0 Å². The summed E-state index contributed by atoms with van der Waals surface area (Å²) < 4.78 is 13.8. The van der Waals surface area contributed by atoms with Crippen LogP contribution in [0.3, 0.4) is 0 Å². The Morgan fingerprint density at radius 2 is 2.12 bits per heavy atom. The molecule has 2 rings (SSSR count). The van der Waals surface area contributed by atoms with E-state index in [1.807, 2.05) is 6.07 Å². The molecule has 1 aromatic carbocycles. The predicted molar refractivity (Wildman–Crippen MR) is 72.9 cm³/mol. The van der Waals surface area contributed by atoms with Crippen molar-refractivity contribution in [3.05, 3.63) is 57.4 Å². The van der Waals surface area contributed by atoms with E-state index in [0.29, 0.717) is 15.2 Å². The van der Waals surface area contributed by atoms with E-state index in [1.54, 1.807) is 24.4 Å². The summed E-state index contributed by atoms with van der Waals surface area (Å²) in [5.74, 6) is 0.366. The second-order valence-corrected chi connectivity index (χ2v) is 5.46. The van der Waals surface area contributed by atoms with Crippen molar-refractivity contribution in [1.29, 1.82) is 0 Å². The van der Waals surface area contributed by atoms with Crippen molar-refractivity contribution >= 4 is 39.3 Å². The van der Waals surface area contributed by atoms with Crippen LogP contribution in [0.2, 0.25) is 5.02 Å². The first-order valence-corrected chi connectivity index (χ1v) is 7.00. The largest absolute Gasteiger partial charge is 0.248 e. The van der Waals surface area contributed by atoms with Gasteiger partial charge in [0.25, 0.3) is 0 Å². The molecule has 0 aliphatic rings. The van der Waals surface area contributed by atoms with Crippen LogP contribution in [0.15, 0.2) is 46.0 Å². The van der Waals surface area contributed by atoms with Crippen LogP contribution in [0.5, 0.6) is 0 Å². The summed E-state index contributed by atoms with van der Waals surface area (Å²) in [4.78, 5) is 4.17. The number of aromatic nitrogens is 1. The molecule has 0 saturated carbocycles. The van der Waals surface area contributed by atoms with Crippen LogP contribution in [-0.4, -0.2) is 4.98 Å². The first kappa shape index (κ1) is 12.9. The lowest BCUT2D eigenvalue weighted by molar-refractivity contribution is 0.619. The van der Waals surface area contributed by atoms with E-state index in [-0.39, 0.29) is 5.82 Å². The van der Waals surface area contributed by atoms with Gasteiger partial charge in [-0.1, -0.05) is 23.7 Å². The molecular formula is C12H8BrClFNS. The second-order valence-electron chi connectivity index (χ2n) is 3.29. The van der Waals surface area contributed by atoms with E-state index >= 15 is 0 Å². The van der Waals surface area contributed by atoms with Gasteiger partial charge in [-0.15, -0.1) is 11.8 Å². The standard InChI is InChI=1S/C12H8BrClFNS/c13-11-8(3-1-5-10(11)15)7-17-12-9(14)4-2-6-16-12/h1-6H,7H2. The minimum absolute atomic E-state index is 0.254. The number of pyridine rings is 1. The molecule has 0 bridgehead atoms. The highest BCUT2D eigenvalue weighted by molar-refractivity contribution is 9.10. The fraction of sp³-hybridized carbons (Fsp3) is 0.0833. The average molecular weight is 333 g/mol. The van der Waals surface area contributed by atoms with Crippen molar-refractivity contribution < 1.29 is 4.39 Å². The minimum atomic E-state index is -0.254. The van der Waals surface area contributed by atoms with Crippen LogP contribution in [-0.2, 0) is 5.75 Å². The van der Waals surface area contributed by atoms with E-state index in [2.05, 4.69) is 20.9 Å². The summed E-state index contributed by atoms with van der Waals surface area (Å²) in [7, 11) is 0. The molecule has 0 fully saturated rings. The van der Waals surface area contributed by atoms with Gasteiger partial charge < -0.3 is 0 Å². The van der Waals surface area contributed by atoms with Gasteiger partial charge in [0, 0.05) is 11.9 Å². The monoisotopic (exact) mass is 331 g/mol. The summed E-state index contributed by atoms with van der Waals surface area (Å²) in [6, 6.07) is 8.56. The molecule has 0 aliphatic heterocycles. The molecule has 0 aliphatic carbocycles. The summed E-state index contributed by atoms with van der Waals surface area (Å²) in [6.07, 6.45) is 1.69. The topological polar surface area (TPSA) is 12.9 Å². The minimum Gasteiger partial charge on any atom is -0.248 e. The van der Waals surface area contributed by atoms with E-state index in [0.717, 1.165) is 10.6 Å². The van der Waals surface area contributed by atoms with Crippen molar-refractivity contribution in [2.75, 3.05) is 0 Å². The van der Waals surface area contributed by atoms with Crippen LogP contribution >= 0.6 is 39.3 Å². The number of rotatable bonds is 3. The van der Waals surface area contributed by atoms with Crippen LogP contribution < -0.4 is 0 Å². The lowest BCUT2D eigenvalue weighted by Crippen LogP contribution is -1.88. The molecule has 1 aromatic heterocycles. The van der Waals surface area contributed by atoms with E-state index in [1.165, 1.54) is 17.8 Å². The van der Waals surface area contributed by atoms with Crippen molar-refractivity contribution in [2.24, 2.45) is 0 Å². The summed E-state index contributed by atoms with van der Waals surface area (Å²) in [5, 5.41) is 1.37. The quantitative estimate of drug-likeness (QED) is 0.739. The molecule has 0 spiro atoms. The molecule has 1 nitrogen and oxygen atoms in total. The summed E-state index contributed by atoms with van der Waals surface area (Å²) >= 11 is 10.7. The van der Waals surface area contributed by atoms with Crippen LogP contribution in [0.4, 0.5) is 4.39 Å². The van der Waals surface area contributed by atoms with Gasteiger partial charge in [-0.3, -0.25) is 0 Å². The number of hydrogen-bond acceptors (Lipinski definition) is 2. The first-order chi connectivity index (χ1) is 8.18. The molecule has 5 heteroatoms. The number of benzene rings is 1. The van der Waals surface area contributed by atoms with Gasteiger partial charge in [-0.2, -0.15) is 0 Å². The smallest absolute Gasteiger partial charge is 0.137 e. The Kier molecular flexibility index (Phi) is 4.42. The SMILES string of the molecule is Fc1cccc(CSc2ncccc2Cl)c1Br. The third-order valence-electron chi connectivity index (χ3n) is 2.12. The summed E-state index contributed by atoms with van der Waals surface area (Å²) in [5.41, 5.74) is 0.886. The van der Waals surface area contributed by atoms with Gasteiger partial charge in [0.1, 0.15) is 10.8 Å². The van der Waals surface area contributed by atoms with Crippen LogP contribution in [0.1, 0.15) is 5.56 Å². The molecule has 1 heterocycles. The Morgan fingerprint density at radius 1 is 1.29 bits per heavy atom. The molecule has 88 valence electrons. The number of nitrogens with zero attached hydrogens (tertiary/aromatic N) is 1. The van der Waals surface area contributed by atoms with Crippen molar-refractivity contribution in [1.82, 2.24) is 4.98 Å². The zero-order chi connectivity index (χ0) is 12.3. The number of halogens is 3. The molecular weight excluding hydrogens is 325 g/mol. The number of thioether (sulfide) groups is 1. The van der Waals surface area contributed by atoms with Crippen LogP contribution in [0, 0.1) is 5.82 Å². The number of hydrogen-bond donors (Lipinski definition) is 0. The van der Waals surface area contributed by atoms with Gasteiger partial charge in [-0.05, 0) is 39.7 Å². The van der Waals surface area contributed by atoms with Gasteiger partial charge in [0.05, 0.1) is 9.50 Å². The van der Waals surface area contributed by atoms with Crippen molar-refractivity contribution in [3.8, 4) is 0 Å². The lowest BCUT2D eigenvalue weighted by atomic mass is 10.2. The Morgan fingerprint density at radius 3 is 2.88 bits per heavy atom. The molecule has 0 saturated heterocycles. The maximum Gasteiger partial charge on any atom is 0.137 e. The Balaban J connectivity index is 2.13. The molecule has 0 N–H and O–H groups in total. The third-order valence-corrected chi connectivity index (χ3v) is 4.48. The van der Waals surface area contributed by atoms with Gasteiger partial charge in [0.15, 0.2) is 0 Å². The van der Waals surface area contributed by atoms with Crippen molar-refractivity contribution in [3.63, 3.8) is 0 Å². The summed E-state index contributed by atoms with van der Waals surface area (Å²) in [6.45, 7) is 0. The fourth-order valence-corrected chi connectivity index (χ4v) is 3.03. The van der Waals surface area contributed by atoms with Crippen LogP contribution in [0.25, 0.3) is 0 Å². The molecule has 0 unspecified atom stereocenters. The second kappa shape index (κ2) is 5.85.